The Balaban J connectivity index is 2.60. The molecular formula is C17H20N4O2. The summed E-state index contributed by atoms with van der Waals surface area (Å²) in [7, 11) is 3.10. The molecule has 1 heterocycles. The zero-order valence-electron chi connectivity index (χ0n) is 13.7. The molecule has 0 amide bonds. The Morgan fingerprint density at radius 3 is 2.17 bits per heavy atom. The Kier molecular flexibility index (Phi) is 4.95. The van der Waals surface area contributed by atoms with Gasteiger partial charge in [0.1, 0.15) is 28.9 Å². The highest BCUT2D eigenvalue weighted by atomic mass is 16.5. The zero-order chi connectivity index (χ0) is 17.0. The first-order valence-electron chi connectivity index (χ1n) is 7.06. The molecule has 120 valence electrons. The predicted molar refractivity (Wildman–Crippen MR) is 91.2 cm³/mol. The summed E-state index contributed by atoms with van der Waals surface area (Å²) in [6, 6.07) is 7.20. The summed E-state index contributed by atoms with van der Waals surface area (Å²) in [5.74, 6) is 1.37. The van der Waals surface area contributed by atoms with E-state index in [9.17, 15) is 0 Å². The normalized spacial score (nSPS) is 10.1. The number of methoxy groups -OCH3 is 2. The van der Waals surface area contributed by atoms with Crippen LogP contribution in [-0.2, 0) is 0 Å². The number of nitrogens with zero attached hydrogens (tertiary/aromatic N) is 2. The van der Waals surface area contributed by atoms with Gasteiger partial charge in [0.2, 0.25) is 0 Å². The molecule has 0 aliphatic heterocycles. The lowest BCUT2D eigenvalue weighted by atomic mass is 10.1. The summed E-state index contributed by atoms with van der Waals surface area (Å²) >= 11 is 0. The number of amidine groups is 2. The number of pyridine rings is 1. The lowest BCUT2D eigenvalue weighted by Gasteiger charge is -2.27. The number of rotatable bonds is 4. The van der Waals surface area contributed by atoms with Crippen molar-refractivity contribution >= 4 is 17.4 Å². The van der Waals surface area contributed by atoms with Crippen molar-refractivity contribution in [1.82, 2.24) is 4.98 Å². The molecule has 0 bridgehead atoms. The maximum Gasteiger partial charge on any atom is 0.146 e. The third-order valence-corrected chi connectivity index (χ3v) is 3.33. The Bertz CT molecular complexity index is 721. The van der Waals surface area contributed by atoms with Gasteiger partial charge in [-0.1, -0.05) is 6.07 Å². The predicted octanol–water partition coefficient (Wildman–Crippen LogP) is 3.24. The molecule has 6 heteroatoms. The van der Waals surface area contributed by atoms with Crippen LogP contribution in [0.15, 0.2) is 36.7 Å². The first-order chi connectivity index (χ1) is 11.0. The summed E-state index contributed by atoms with van der Waals surface area (Å²) in [5, 5.41) is 16.6. The van der Waals surface area contributed by atoms with Crippen molar-refractivity contribution in [3.8, 4) is 11.5 Å². The first-order valence-corrected chi connectivity index (χ1v) is 7.06. The van der Waals surface area contributed by atoms with Crippen LogP contribution in [0, 0.1) is 17.7 Å². The molecule has 0 unspecified atom stereocenters. The Hall–Kier alpha value is -2.89. The van der Waals surface area contributed by atoms with Crippen molar-refractivity contribution in [3.05, 3.63) is 47.8 Å². The second kappa shape index (κ2) is 6.91. The second-order valence-electron chi connectivity index (χ2n) is 5.03. The van der Waals surface area contributed by atoms with Crippen LogP contribution in [0.1, 0.15) is 18.1 Å². The molecule has 0 aliphatic carbocycles. The van der Waals surface area contributed by atoms with Crippen molar-refractivity contribution < 1.29 is 9.47 Å². The fraction of sp³-hybridized carbons (Fsp3) is 0.235. The highest BCUT2D eigenvalue weighted by Gasteiger charge is 2.24. The number of hydrogen-bond acceptors (Lipinski definition) is 5. The summed E-state index contributed by atoms with van der Waals surface area (Å²) in [4.78, 5) is 5.61. The first kappa shape index (κ1) is 16.5. The van der Waals surface area contributed by atoms with Crippen LogP contribution in [0.2, 0.25) is 0 Å². The quantitative estimate of drug-likeness (QED) is 0.670. The van der Waals surface area contributed by atoms with E-state index < -0.39 is 0 Å². The fourth-order valence-electron chi connectivity index (χ4n) is 2.31. The Morgan fingerprint density at radius 2 is 1.70 bits per heavy atom. The van der Waals surface area contributed by atoms with E-state index in [-0.39, 0.29) is 11.7 Å². The maximum absolute atomic E-state index is 8.53. The minimum atomic E-state index is 0.136. The number of aryl methyl sites for hydroxylation is 1. The molecule has 1 aromatic heterocycles. The van der Waals surface area contributed by atoms with Gasteiger partial charge in [0.05, 0.1) is 14.2 Å². The lowest BCUT2D eigenvalue weighted by molar-refractivity contribution is 0.397. The van der Waals surface area contributed by atoms with Gasteiger partial charge in [-0.2, -0.15) is 0 Å². The van der Waals surface area contributed by atoms with Crippen molar-refractivity contribution in [1.29, 1.82) is 10.8 Å². The van der Waals surface area contributed by atoms with Gasteiger partial charge in [-0.25, -0.2) is 0 Å². The smallest absolute Gasteiger partial charge is 0.146 e. The number of ether oxygens (including phenoxy) is 2. The van der Waals surface area contributed by atoms with E-state index in [1.165, 1.54) is 4.90 Å². The molecule has 0 radical (unpaired) electrons. The van der Waals surface area contributed by atoms with Crippen molar-refractivity contribution in [3.63, 3.8) is 0 Å². The highest BCUT2D eigenvalue weighted by molar-refractivity contribution is 6.23. The van der Waals surface area contributed by atoms with Gasteiger partial charge in [0.15, 0.2) is 0 Å². The van der Waals surface area contributed by atoms with Gasteiger partial charge in [0.25, 0.3) is 0 Å². The molecule has 2 rings (SSSR count). The van der Waals surface area contributed by atoms with E-state index >= 15 is 0 Å². The van der Waals surface area contributed by atoms with Crippen LogP contribution in [0.4, 0.5) is 5.69 Å². The number of para-hydroxylation sites is 1. The molecule has 6 nitrogen and oxygen atoms in total. The van der Waals surface area contributed by atoms with E-state index in [2.05, 4.69) is 4.98 Å². The molecule has 23 heavy (non-hydrogen) atoms. The number of aromatic nitrogens is 1. The van der Waals surface area contributed by atoms with Crippen molar-refractivity contribution in [2.24, 2.45) is 0 Å². The zero-order valence-corrected chi connectivity index (χ0v) is 13.7. The van der Waals surface area contributed by atoms with Crippen molar-refractivity contribution in [2.45, 2.75) is 13.8 Å². The molecule has 2 aromatic rings. The van der Waals surface area contributed by atoms with Gasteiger partial charge < -0.3 is 9.47 Å². The van der Waals surface area contributed by atoms with Gasteiger partial charge in [0, 0.05) is 18.0 Å². The standard InChI is InChI=1S/C17H20N4O2/c1-11-8-13(10-20-9-11)17(19)21(12(2)18)16-14(22-3)6-5-7-15(16)23-4/h5-10,18-19H,1-4H3. The highest BCUT2D eigenvalue weighted by Crippen LogP contribution is 2.38. The Morgan fingerprint density at radius 1 is 1.09 bits per heavy atom. The molecule has 0 saturated carbocycles. The third kappa shape index (κ3) is 3.31. The van der Waals surface area contributed by atoms with Gasteiger partial charge in [-0.05, 0) is 37.6 Å². The largest absolute Gasteiger partial charge is 0.494 e. The molecule has 0 fully saturated rings. The van der Waals surface area contributed by atoms with Crippen LogP contribution in [0.5, 0.6) is 11.5 Å². The SMILES string of the molecule is COc1cccc(OC)c1N(C(C)=N)C(=N)c1cncc(C)c1. The second-order valence-corrected chi connectivity index (χ2v) is 5.03. The molecule has 0 spiro atoms. The number of benzene rings is 1. The lowest BCUT2D eigenvalue weighted by Crippen LogP contribution is -2.35. The van der Waals surface area contributed by atoms with E-state index in [1.54, 1.807) is 51.7 Å². The molecule has 0 atom stereocenters. The molecular weight excluding hydrogens is 292 g/mol. The number of hydrogen-bond donors (Lipinski definition) is 2. The topological polar surface area (TPSA) is 82.3 Å². The summed E-state index contributed by atoms with van der Waals surface area (Å²) in [6.07, 6.45) is 3.33. The van der Waals surface area contributed by atoms with E-state index in [1.807, 2.05) is 13.0 Å². The average Bonchev–Trinajstić information content (AvgIpc) is 2.54. The summed E-state index contributed by atoms with van der Waals surface area (Å²) < 4.78 is 10.8. The van der Waals surface area contributed by atoms with Crippen LogP contribution in [0.25, 0.3) is 0 Å². The number of nitrogens with one attached hydrogen (secondary N) is 2. The molecule has 0 aliphatic rings. The minimum absolute atomic E-state index is 0.136. The molecule has 0 saturated heterocycles. The van der Waals surface area contributed by atoms with Crippen LogP contribution in [0.3, 0.4) is 0 Å². The van der Waals surface area contributed by atoms with Crippen LogP contribution >= 0.6 is 0 Å². The monoisotopic (exact) mass is 312 g/mol. The summed E-state index contributed by atoms with van der Waals surface area (Å²) in [6.45, 7) is 3.53. The molecule has 2 N–H and O–H groups in total. The minimum Gasteiger partial charge on any atom is -0.494 e. The van der Waals surface area contributed by atoms with E-state index in [4.69, 9.17) is 20.3 Å². The molecule has 1 aromatic carbocycles. The van der Waals surface area contributed by atoms with Crippen LogP contribution < -0.4 is 14.4 Å². The van der Waals surface area contributed by atoms with E-state index in [0.717, 1.165) is 5.56 Å². The van der Waals surface area contributed by atoms with Gasteiger partial charge in [-0.3, -0.25) is 20.7 Å². The summed E-state index contributed by atoms with van der Waals surface area (Å²) in [5.41, 5.74) is 2.09. The van der Waals surface area contributed by atoms with Gasteiger partial charge >= 0.3 is 0 Å². The van der Waals surface area contributed by atoms with Crippen LogP contribution in [-0.4, -0.2) is 30.9 Å². The van der Waals surface area contributed by atoms with Gasteiger partial charge in [-0.15, -0.1) is 0 Å². The Labute approximate surface area is 135 Å². The van der Waals surface area contributed by atoms with Crippen molar-refractivity contribution in [2.75, 3.05) is 19.1 Å². The number of anilines is 1. The maximum atomic E-state index is 8.53. The fourth-order valence-corrected chi connectivity index (χ4v) is 2.31. The third-order valence-electron chi connectivity index (χ3n) is 3.33. The van der Waals surface area contributed by atoms with E-state index in [0.29, 0.717) is 22.7 Å². The average molecular weight is 312 g/mol.